The summed E-state index contributed by atoms with van der Waals surface area (Å²) in [7, 11) is 0. The molecule has 3 rings (SSSR count). The monoisotopic (exact) mass is 387 g/mol. The van der Waals surface area contributed by atoms with Gasteiger partial charge in [0.25, 0.3) is 0 Å². The van der Waals surface area contributed by atoms with Gasteiger partial charge in [-0.1, -0.05) is 6.92 Å². The molecule has 2 amide bonds. The molecule has 154 valence electrons. The highest BCUT2D eigenvalue weighted by atomic mass is 16.5. The summed E-state index contributed by atoms with van der Waals surface area (Å²) in [6.45, 7) is 8.95. The number of nitrogens with one attached hydrogen (secondary N) is 2. The Morgan fingerprint density at radius 2 is 1.79 bits per heavy atom. The minimum Gasteiger partial charge on any atom is -0.376 e. The van der Waals surface area contributed by atoms with Crippen LogP contribution in [0.25, 0.3) is 0 Å². The van der Waals surface area contributed by atoms with Gasteiger partial charge in [-0.3, -0.25) is 9.59 Å². The van der Waals surface area contributed by atoms with Crippen LogP contribution >= 0.6 is 0 Å². The first kappa shape index (κ1) is 20.6. The fraction of sp³-hybridized carbons (Fsp3) is 0.636. The minimum absolute atomic E-state index is 0.0631. The second-order valence-electron chi connectivity index (χ2n) is 8.64. The van der Waals surface area contributed by atoms with Crippen molar-refractivity contribution in [2.24, 2.45) is 11.3 Å². The molecule has 2 fully saturated rings. The van der Waals surface area contributed by atoms with Crippen LogP contribution < -0.4 is 15.5 Å². The molecule has 1 aromatic rings. The van der Waals surface area contributed by atoms with Gasteiger partial charge in [-0.25, -0.2) is 0 Å². The van der Waals surface area contributed by atoms with Gasteiger partial charge in [-0.05, 0) is 69.7 Å². The Morgan fingerprint density at radius 3 is 2.39 bits per heavy atom. The lowest BCUT2D eigenvalue weighted by atomic mass is 9.90. The quantitative estimate of drug-likeness (QED) is 0.736. The summed E-state index contributed by atoms with van der Waals surface area (Å²) in [5.41, 5.74) is 0.734. The fourth-order valence-corrected chi connectivity index (χ4v) is 3.65. The van der Waals surface area contributed by atoms with Crippen molar-refractivity contribution >= 4 is 23.2 Å². The summed E-state index contributed by atoms with van der Waals surface area (Å²) in [6, 6.07) is 7.89. The number of anilines is 2. The SMILES string of the molecule is CC1CCN(c2ccc(NC(=O)C(C)(C)C(=O)NCC3CCCO3)cc2)CC1. The van der Waals surface area contributed by atoms with Crippen molar-refractivity contribution in [3.8, 4) is 0 Å². The Labute approximate surface area is 168 Å². The molecule has 2 N–H and O–H groups in total. The molecule has 6 heteroatoms. The van der Waals surface area contributed by atoms with E-state index in [4.69, 9.17) is 4.74 Å². The van der Waals surface area contributed by atoms with Gasteiger partial charge in [0.2, 0.25) is 11.8 Å². The second-order valence-corrected chi connectivity index (χ2v) is 8.64. The van der Waals surface area contributed by atoms with E-state index in [1.54, 1.807) is 13.8 Å². The summed E-state index contributed by atoms with van der Waals surface area (Å²) in [5.74, 6) is 0.208. The number of carbonyl (C=O) groups is 2. The zero-order valence-electron chi connectivity index (χ0n) is 17.3. The number of rotatable bonds is 6. The number of carbonyl (C=O) groups excluding carboxylic acids is 2. The molecule has 0 saturated carbocycles. The number of hydrogen-bond acceptors (Lipinski definition) is 4. The molecular formula is C22H33N3O3. The molecule has 28 heavy (non-hydrogen) atoms. The Morgan fingerprint density at radius 1 is 1.11 bits per heavy atom. The molecule has 0 aromatic heterocycles. The van der Waals surface area contributed by atoms with E-state index >= 15 is 0 Å². The maximum absolute atomic E-state index is 12.7. The smallest absolute Gasteiger partial charge is 0.239 e. The highest BCUT2D eigenvalue weighted by Gasteiger charge is 2.36. The molecular weight excluding hydrogens is 354 g/mol. The molecule has 0 spiro atoms. The molecule has 0 radical (unpaired) electrons. The predicted molar refractivity (Wildman–Crippen MR) is 111 cm³/mol. The molecule has 2 aliphatic heterocycles. The summed E-state index contributed by atoms with van der Waals surface area (Å²) in [6.07, 6.45) is 4.47. The number of nitrogens with zero attached hydrogens (tertiary/aromatic N) is 1. The number of hydrogen-bond donors (Lipinski definition) is 2. The van der Waals surface area contributed by atoms with Gasteiger partial charge in [-0.2, -0.15) is 0 Å². The lowest BCUT2D eigenvalue weighted by Crippen LogP contribution is -2.47. The third kappa shape index (κ3) is 5.04. The summed E-state index contributed by atoms with van der Waals surface area (Å²) in [4.78, 5) is 27.6. The van der Waals surface area contributed by atoms with Gasteiger partial charge < -0.3 is 20.3 Å². The minimum atomic E-state index is -1.15. The molecule has 1 aromatic carbocycles. The topological polar surface area (TPSA) is 70.7 Å². The molecule has 0 bridgehead atoms. The zero-order chi connectivity index (χ0) is 20.1. The van der Waals surface area contributed by atoms with E-state index in [1.165, 1.54) is 18.5 Å². The van der Waals surface area contributed by atoms with E-state index in [1.807, 2.05) is 24.3 Å². The van der Waals surface area contributed by atoms with Crippen LogP contribution in [-0.2, 0) is 14.3 Å². The Hall–Kier alpha value is -2.08. The maximum Gasteiger partial charge on any atom is 0.239 e. The van der Waals surface area contributed by atoms with Crippen molar-refractivity contribution in [3.63, 3.8) is 0 Å². The van der Waals surface area contributed by atoms with Crippen LogP contribution in [0.15, 0.2) is 24.3 Å². The van der Waals surface area contributed by atoms with Gasteiger partial charge in [0.05, 0.1) is 6.10 Å². The van der Waals surface area contributed by atoms with Crippen molar-refractivity contribution in [2.75, 3.05) is 36.5 Å². The van der Waals surface area contributed by atoms with Crippen molar-refractivity contribution in [1.82, 2.24) is 5.32 Å². The highest BCUT2D eigenvalue weighted by Crippen LogP contribution is 2.25. The first-order valence-electron chi connectivity index (χ1n) is 10.4. The largest absolute Gasteiger partial charge is 0.376 e. The number of amides is 2. The Bertz CT molecular complexity index is 673. The average molecular weight is 388 g/mol. The molecule has 1 unspecified atom stereocenters. The predicted octanol–water partition coefficient (Wildman–Crippen LogP) is 3.18. The molecule has 2 aliphatic rings. The van der Waals surface area contributed by atoms with Crippen LogP contribution in [0.1, 0.15) is 46.5 Å². The number of piperidine rings is 1. The van der Waals surface area contributed by atoms with E-state index < -0.39 is 5.41 Å². The van der Waals surface area contributed by atoms with Crippen LogP contribution in [-0.4, -0.2) is 44.2 Å². The van der Waals surface area contributed by atoms with E-state index in [9.17, 15) is 9.59 Å². The molecule has 2 heterocycles. The standard InChI is InChI=1S/C22H33N3O3/c1-16-10-12-25(13-11-16)18-8-6-17(7-9-18)24-21(27)22(2,3)20(26)23-15-19-5-4-14-28-19/h6-9,16,19H,4-5,10-15H2,1-3H3,(H,23,26)(H,24,27). The van der Waals surface area contributed by atoms with Crippen molar-refractivity contribution < 1.29 is 14.3 Å². The van der Waals surface area contributed by atoms with E-state index in [2.05, 4.69) is 22.5 Å². The molecule has 6 nitrogen and oxygen atoms in total. The van der Waals surface area contributed by atoms with E-state index in [0.717, 1.165) is 38.5 Å². The highest BCUT2D eigenvalue weighted by molar-refractivity contribution is 6.09. The Balaban J connectivity index is 1.53. The summed E-state index contributed by atoms with van der Waals surface area (Å²) < 4.78 is 5.52. The summed E-state index contributed by atoms with van der Waals surface area (Å²) in [5, 5.41) is 5.73. The van der Waals surface area contributed by atoms with Gasteiger partial charge in [0, 0.05) is 37.6 Å². The van der Waals surface area contributed by atoms with Crippen LogP contribution in [0.3, 0.4) is 0 Å². The van der Waals surface area contributed by atoms with Crippen LogP contribution in [0, 0.1) is 11.3 Å². The lowest BCUT2D eigenvalue weighted by molar-refractivity contribution is -0.138. The van der Waals surface area contributed by atoms with Crippen LogP contribution in [0.2, 0.25) is 0 Å². The fourth-order valence-electron chi connectivity index (χ4n) is 3.65. The van der Waals surface area contributed by atoms with Crippen molar-refractivity contribution in [3.05, 3.63) is 24.3 Å². The van der Waals surface area contributed by atoms with Crippen molar-refractivity contribution in [2.45, 2.75) is 52.6 Å². The molecule has 1 atom stereocenters. The van der Waals surface area contributed by atoms with Gasteiger partial charge in [0.1, 0.15) is 5.41 Å². The van der Waals surface area contributed by atoms with E-state index in [0.29, 0.717) is 12.2 Å². The van der Waals surface area contributed by atoms with Gasteiger partial charge >= 0.3 is 0 Å². The van der Waals surface area contributed by atoms with Gasteiger partial charge in [0.15, 0.2) is 0 Å². The second kappa shape index (κ2) is 8.95. The molecule has 0 aliphatic carbocycles. The third-order valence-electron chi connectivity index (χ3n) is 5.92. The first-order valence-corrected chi connectivity index (χ1v) is 10.4. The summed E-state index contributed by atoms with van der Waals surface area (Å²) >= 11 is 0. The lowest BCUT2D eigenvalue weighted by Gasteiger charge is -2.32. The Kier molecular flexibility index (Phi) is 6.60. The first-order chi connectivity index (χ1) is 13.4. The average Bonchev–Trinajstić information content (AvgIpc) is 3.21. The van der Waals surface area contributed by atoms with Gasteiger partial charge in [-0.15, -0.1) is 0 Å². The normalized spacial score (nSPS) is 20.8. The van der Waals surface area contributed by atoms with E-state index in [-0.39, 0.29) is 17.9 Å². The molecule has 2 saturated heterocycles. The van der Waals surface area contributed by atoms with Crippen LogP contribution in [0.5, 0.6) is 0 Å². The van der Waals surface area contributed by atoms with Crippen LogP contribution in [0.4, 0.5) is 11.4 Å². The third-order valence-corrected chi connectivity index (χ3v) is 5.92. The number of ether oxygens (including phenoxy) is 1. The maximum atomic E-state index is 12.7. The van der Waals surface area contributed by atoms with Crippen molar-refractivity contribution in [1.29, 1.82) is 0 Å². The zero-order valence-corrected chi connectivity index (χ0v) is 17.3. The number of benzene rings is 1.